The lowest BCUT2D eigenvalue weighted by Gasteiger charge is -2.12. The average Bonchev–Trinajstić information content (AvgIpc) is 3.07. The lowest BCUT2D eigenvalue weighted by Crippen LogP contribution is -1.97. The third kappa shape index (κ3) is 2.54. The molecule has 0 amide bonds. The fourth-order valence-electron chi connectivity index (χ4n) is 2.33. The van der Waals surface area contributed by atoms with Crippen LogP contribution >= 0.6 is 22.9 Å². The van der Waals surface area contributed by atoms with Crippen LogP contribution in [-0.4, -0.2) is 30.9 Å². The number of rotatable bonds is 5. The van der Waals surface area contributed by atoms with Gasteiger partial charge in [0.25, 0.3) is 0 Å². The molecule has 1 aromatic carbocycles. The molecule has 0 saturated heterocycles. The third-order valence-electron chi connectivity index (χ3n) is 3.28. The van der Waals surface area contributed by atoms with Crippen LogP contribution in [0.2, 0.25) is 5.02 Å². The van der Waals surface area contributed by atoms with Crippen molar-refractivity contribution in [1.82, 2.24) is 9.61 Å². The lowest BCUT2D eigenvalue weighted by atomic mass is 10.1. The molecule has 0 atom stereocenters. The number of nitrogens with zero attached hydrogens (tertiary/aromatic N) is 2. The molecule has 0 spiro atoms. The van der Waals surface area contributed by atoms with E-state index in [-0.39, 0.29) is 0 Å². The van der Waals surface area contributed by atoms with Crippen LogP contribution in [0.3, 0.4) is 0 Å². The quantitative estimate of drug-likeness (QED) is 0.708. The highest BCUT2D eigenvalue weighted by atomic mass is 35.5. The van der Waals surface area contributed by atoms with Crippen LogP contribution in [0.25, 0.3) is 16.1 Å². The zero-order valence-electron chi connectivity index (χ0n) is 12.4. The van der Waals surface area contributed by atoms with Crippen LogP contribution in [-0.2, 0) is 11.3 Å². The highest BCUT2D eigenvalue weighted by Gasteiger charge is 2.18. The summed E-state index contributed by atoms with van der Waals surface area (Å²) in [7, 11) is 4.87. The fraction of sp³-hybridized carbons (Fsp3) is 0.267. The molecule has 3 aromatic rings. The van der Waals surface area contributed by atoms with Gasteiger partial charge in [0.15, 0.2) is 0 Å². The van der Waals surface area contributed by atoms with E-state index in [9.17, 15) is 0 Å². The second-order valence-electron chi connectivity index (χ2n) is 4.65. The van der Waals surface area contributed by atoms with Crippen LogP contribution in [0.4, 0.5) is 0 Å². The molecule has 116 valence electrons. The first kappa shape index (κ1) is 15.1. The number of benzene rings is 1. The molecule has 5 nitrogen and oxygen atoms in total. The number of thiazole rings is 1. The highest BCUT2D eigenvalue weighted by Crippen LogP contribution is 2.40. The van der Waals surface area contributed by atoms with Crippen molar-refractivity contribution in [3.63, 3.8) is 0 Å². The first-order chi connectivity index (χ1) is 10.7. The highest BCUT2D eigenvalue weighted by molar-refractivity contribution is 7.16. The number of fused-ring (bicyclic) bond motifs is 1. The van der Waals surface area contributed by atoms with E-state index in [1.165, 1.54) is 0 Å². The van der Waals surface area contributed by atoms with Crippen LogP contribution < -0.4 is 9.47 Å². The summed E-state index contributed by atoms with van der Waals surface area (Å²) in [5.41, 5.74) is 2.63. The van der Waals surface area contributed by atoms with Gasteiger partial charge >= 0.3 is 0 Å². The topological polar surface area (TPSA) is 45.0 Å². The van der Waals surface area contributed by atoms with Gasteiger partial charge in [-0.15, -0.1) is 16.4 Å². The zero-order chi connectivity index (χ0) is 15.7. The second kappa shape index (κ2) is 6.16. The maximum absolute atomic E-state index is 6.48. The van der Waals surface area contributed by atoms with Crippen molar-refractivity contribution >= 4 is 27.8 Å². The Labute approximate surface area is 137 Å². The van der Waals surface area contributed by atoms with Crippen molar-refractivity contribution in [2.45, 2.75) is 6.61 Å². The smallest absolute Gasteiger partial charge is 0.234 e. The summed E-state index contributed by atoms with van der Waals surface area (Å²) in [5, 5.41) is 7.01. The van der Waals surface area contributed by atoms with Crippen molar-refractivity contribution < 1.29 is 14.2 Å². The van der Waals surface area contributed by atoms with Crippen molar-refractivity contribution in [2.75, 3.05) is 21.3 Å². The summed E-state index contributed by atoms with van der Waals surface area (Å²) in [6.07, 6.45) is 0. The molecule has 0 fully saturated rings. The van der Waals surface area contributed by atoms with E-state index in [2.05, 4.69) is 5.10 Å². The summed E-state index contributed by atoms with van der Waals surface area (Å²) in [5.74, 6) is 1.26. The molecule has 0 N–H and O–H groups in total. The van der Waals surface area contributed by atoms with Crippen LogP contribution in [0, 0.1) is 0 Å². The number of aromatic nitrogens is 2. The molecule has 0 radical (unpaired) electrons. The Balaban J connectivity index is 2.18. The number of methoxy groups -OCH3 is 3. The minimum atomic E-state index is 0.477. The molecule has 0 aliphatic carbocycles. The number of ether oxygens (including phenoxy) is 3. The van der Waals surface area contributed by atoms with Crippen molar-refractivity contribution in [2.24, 2.45) is 0 Å². The molecule has 2 aromatic heterocycles. The Bertz CT molecular complexity index is 813. The van der Waals surface area contributed by atoms with Crippen molar-refractivity contribution in [3.8, 4) is 22.9 Å². The van der Waals surface area contributed by atoms with E-state index >= 15 is 0 Å². The molecule has 0 bridgehead atoms. The summed E-state index contributed by atoms with van der Waals surface area (Å²) >= 11 is 8.05. The molecule has 3 rings (SSSR count). The SMILES string of the molecule is COCc1cc(Cl)c(-c2csc3cc(OC)nn23)c(OC)c1. The van der Waals surface area contributed by atoms with Gasteiger partial charge in [-0.1, -0.05) is 11.6 Å². The van der Waals surface area contributed by atoms with Gasteiger partial charge in [0.1, 0.15) is 10.6 Å². The van der Waals surface area contributed by atoms with E-state index in [1.54, 1.807) is 32.7 Å². The third-order valence-corrected chi connectivity index (χ3v) is 4.46. The zero-order valence-corrected chi connectivity index (χ0v) is 14.0. The summed E-state index contributed by atoms with van der Waals surface area (Å²) in [4.78, 5) is 0.978. The predicted molar refractivity (Wildman–Crippen MR) is 87.3 cm³/mol. The average molecular weight is 339 g/mol. The van der Waals surface area contributed by atoms with Gasteiger partial charge < -0.3 is 14.2 Å². The lowest BCUT2D eigenvalue weighted by molar-refractivity contribution is 0.184. The molecular formula is C15H15ClN2O3S. The molecule has 0 unspecified atom stereocenters. The Kier molecular flexibility index (Phi) is 4.24. The van der Waals surface area contributed by atoms with Crippen molar-refractivity contribution in [1.29, 1.82) is 0 Å². The number of hydrogen-bond acceptors (Lipinski definition) is 5. The predicted octanol–water partition coefficient (Wildman–Crippen LogP) is 3.88. The van der Waals surface area contributed by atoms with Gasteiger partial charge in [-0.3, -0.25) is 0 Å². The molecular weight excluding hydrogens is 324 g/mol. The normalized spacial score (nSPS) is 11.1. The maximum Gasteiger partial charge on any atom is 0.234 e. The summed E-state index contributed by atoms with van der Waals surface area (Å²) in [6.45, 7) is 0.477. The van der Waals surface area contributed by atoms with Crippen LogP contribution in [0.5, 0.6) is 11.6 Å². The van der Waals surface area contributed by atoms with Crippen LogP contribution in [0.15, 0.2) is 23.6 Å². The number of hydrogen-bond donors (Lipinski definition) is 0. The van der Waals surface area contributed by atoms with E-state index < -0.39 is 0 Å². The molecule has 7 heteroatoms. The minimum Gasteiger partial charge on any atom is -0.496 e. The second-order valence-corrected chi connectivity index (χ2v) is 5.94. The van der Waals surface area contributed by atoms with Gasteiger partial charge in [-0.25, -0.2) is 4.52 Å². The summed E-state index contributed by atoms with van der Waals surface area (Å²) < 4.78 is 17.7. The first-order valence-electron chi connectivity index (χ1n) is 6.55. The monoisotopic (exact) mass is 338 g/mol. The Morgan fingerprint density at radius 3 is 2.68 bits per heavy atom. The Hall–Kier alpha value is -1.76. The van der Waals surface area contributed by atoms with E-state index in [4.69, 9.17) is 25.8 Å². The van der Waals surface area contributed by atoms with E-state index in [1.807, 2.05) is 28.1 Å². The standard InChI is InChI=1S/C15H15ClN2O3S/c1-19-7-9-4-10(16)15(12(5-9)20-2)11-8-22-14-6-13(21-3)17-18(11)14/h4-6,8H,7H2,1-3H3. The van der Waals surface area contributed by atoms with E-state index in [0.717, 1.165) is 21.7 Å². The largest absolute Gasteiger partial charge is 0.496 e. The minimum absolute atomic E-state index is 0.477. The Morgan fingerprint density at radius 2 is 2.00 bits per heavy atom. The first-order valence-corrected chi connectivity index (χ1v) is 7.80. The van der Waals surface area contributed by atoms with Gasteiger partial charge in [-0.2, -0.15) is 0 Å². The van der Waals surface area contributed by atoms with Gasteiger partial charge in [-0.05, 0) is 17.7 Å². The Morgan fingerprint density at radius 1 is 1.18 bits per heavy atom. The summed E-state index contributed by atoms with van der Waals surface area (Å²) in [6, 6.07) is 5.69. The molecule has 0 saturated carbocycles. The van der Waals surface area contributed by atoms with Gasteiger partial charge in [0.2, 0.25) is 5.88 Å². The van der Waals surface area contributed by atoms with Crippen molar-refractivity contribution in [3.05, 3.63) is 34.2 Å². The fourth-order valence-corrected chi connectivity index (χ4v) is 3.51. The number of halogens is 1. The van der Waals surface area contributed by atoms with Gasteiger partial charge in [0, 0.05) is 18.6 Å². The van der Waals surface area contributed by atoms with E-state index in [0.29, 0.717) is 23.3 Å². The van der Waals surface area contributed by atoms with Gasteiger partial charge in [0.05, 0.1) is 37.1 Å². The molecule has 22 heavy (non-hydrogen) atoms. The maximum atomic E-state index is 6.48. The molecule has 2 heterocycles. The van der Waals surface area contributed by atoms with Crippen LogP contribution in [0.1, 0.15) is 5.56 Å². The molecule has 0 aliphatic heterocycles. The molecule has 0 aliphatic rings.